The Hall–Kier alpha value is -3.44. The number of benzene rings is 3. The van der Waals surface area contributed by atoms with Gasteiger partial charge in [-0.25, -0.2) is 0 Å². The van der Waals surface area contributed by atoms with Crippen molar-refractivity contribution in [2.45, 2.75) is 0 Å². The van der Waals surface area contributed by atoms with Crippen molar-refractivity contribution in [3.8, 4) is 11.1 Å². The van der Waals surface area contributed by atoms with Crippen LogP contribution in [0.5, 0.6) is 0 Å². The van der Waals surface area contributed by atoms with E-state index in [9.17, 15) is 9.59 Å². The van der Waals surface area contributed by atoms with Gasteiger partial charge in [0.1, 0.15) is 0 Å². The Morgan fingerprint density at radius 1 is 0.759 bits per heavy atom. The highest BCUT2D eigenvalue weighted by molar-refractivity contribution is 6.05. The summed E-state index contributed by atoms with van der Waals surface area (Å²) in [5, 5.41) is 6.16. The monoisotopic (exact) mass is 385 g/mol. The summed E-state index contributed by atoms with van der Waals surface area (Å²) in [6, 6.07) is 24.5. The molecule has 146 valence electrons. The van der Waals surface area contributed by atoms with Crippen LogP contribution in [0, 0.1) is 0 Å². The molecule has 1 saturated heterocycles. The van der Waals surface area contributed by atoms with Gasteiger partial charge in [-0.05, 0) is 47.5 Å². The van der Waals surface area contributed by atoms with Crippen LogP contribution in [0.25, 0.3) is 11.1 Å². The molecular formula is C24H23N3O2. The molecule has 29 heavy (non-hydrogen) atoms. The summed E-state index contributed by atoms with van der Waals surface area (Å²) in [7, 11) is 0. The Labute approximate surface area is 170 Å². The van der Waals surface area contributed by atoms with Crippen molar-refractivity contribution in [2.75, 3.05) is 31.5 Å². The number of carbonyl (C=O) groups excluding carboxylic acids is 2. The summed E-state index contributed by atoms with van der Waals surface area (Å²) in [5.74, 6) is -0.0856. The van der Waals surface area contributed by atoms with Crippen LogP contribution in [0.1, 0.15) is 20.7 Å². The highest BCUT2D eigenvalue weighted by Gasteiger charge is 2.17. The van der Waals surface area contributed by atoms with Crippen LogP contribution >= 0.6 is 0 Å². The number of piperazine rings is 1. The van der Waals surface area contributed by atoms with Crippen LogP contribution in [0.2, 0.25) is 0 Å². The first-order chi connectivity index (χ1) is 14.2. The smallest absolute Gasteiger partial charge is 0.255 e. The topological polar surface area (TPSA) is 61.4 Å². The van der Waals surface area contributed by atoms with Crippen LogP contribution in [0.15, 0.2) is 78.9 Å². The van der Waals surface area contributed by atoms with Gasteiger partial charge in [-0.3, -0.25) is 9.59 Å². The molecule has 5 nitrogen and oxygen atoms in total. The third-order valence-electron chi connectivity index (χ3n) is 5.03. The van der Waals surface area contributed by atoms with E-state index in [1.54, 1.807) is 6.07 Å². The zero-order valence-corrected chi connectivity index (χ0v) is 16.1. The molecule has 5 heteroatoms. The van der Waals surface area contributed by atoms with Crippen molar-refractivity contribution in [2.24, 2.45) is 0 Å². The van der Waals surface area contributed by atoms with E-state index >= 15 is 0 Å². The second kappa shape index (κ2) is 8.71. The Kier molecular flexibility index (Phi) is 5.68. The van der Waals surface area contributed by atoms with E-state index in [4.69, 9.17) is 0 Å². The molecule has 0 spiro atoms. The predicted octanol–water partition coefficient (Wildman–Crippen LogP) is 3.65. The van der Waals surface area contributed by atoms with Gasteiger partial charge >= 0.3 is 0 Å². The van der Waals surface area contributed by atoms with E-state index in [0.29, 0.717) is 11.1 Å². The Bertz CT molecular complexity index is 994. The quantitative estimate of drug-likeness (QED) is 0.721. The highest BCUT2D eigenvalue weighted by atomic mass is 16.2. The van der Waals surface area contributed by atoms with E-state index < -0.39 is 0 Å². The van der Waals surface area contributed by atoms with Crippen molar-refractivity contribution in [1.29, 1.82) is 0 Å². The molecular weight excluding hydrogens is 362 g/mol. The van der Waals surface area contributed by atoms with Crippen molar-refractivity contribution < 1.29 is 9.59 Å². The fourth-order valence-corrected chi connectivity index (χ4v) is 3.42. The number of amides is 2. The standard InChI is InChI=1S/C24H23N3O2/c28-23(26-22-7-2-1-3-8-22)21-6-4-5-20(17-21)18-9-11-19(12-10-18)24(29)27-15-13-25-14-16-27/h1-12,17,25H,13-16H2,(H,26,28). The summed E-state index contributed by atoms with van der Waals surface area (Å²) < 4.78 is 0. The fourth-order valence-electron chi connectivity index (χ4n) is 3.42. The molecule has 0 saturated carbocycles. The van der Waals surface area contributed by atoms with E-state index in [2.05, 4.69) is 10.6 Å². The number of carbonyl (C=O) groups is 2. The number of hydrogen-bond donors (Lipinski definition) is 2. The van der Waals surface area contributed by atoms with Gasteiger partial charge in [0.2, 0.25) is 0 Å². The number of rotatable bonds is 4. The van der Waals surface area contributed by atoms with Crippen LogP contribution in [-0.4, -0.2) is 42.9 Å². The second-order valence-electron chi connectivity index (χ2n) is 7.02. The molecule has 2 N–H and O–H groups in total. The minimum Gasteiger partial charge on any atom is -0.336 e. The average Bonchev–Trinajstić information content (AvgIpc) is 2.80. The summed E-state index contributed by atoms with van der Waals surface area (Å²) >= 11 is 0. The summed E-state index contributed by atoms with van der Waals surface area (Å²) in [5.41, 5.74) is 3.95. The number of hydrogen-bond acceptors (Lipinski definition) is 3. The minimum atomic E-state index is -0.149. The lowest BCUT2D eigenvalue weighted by Crippen LogP contribution is -2.46. The number of anilines is 1. The van der Waals surface area contributed by atoms with E-state index in [1.807, 2.05) is 77.7 Å². The molecule has 0 atom stereocenters. The van der Waals surface area contributed by atoms with Crippen LogP contribution in [-0.2, 0) is 0 Å². The molecule has 0 unspecified atom stereocenters. The molecule has 1 fully saturated rings. The number of nitrogens with zero attached hydrogens (tertiary/aromatic N) is 1. The first kappa shape index (κ1) is 18.9. The van der Waals surface area contributed by atoms with E-state index in [0.717, 1.165) is 43.0 Å². The maximum Gasteiger partial charge on any atom is 0.255 e. The molecule has 1 aliphatic rings. The summed E-state index contributed by atoms with van der Waals surface area (Å²) in [4.78, 5) is 27.0. The molecule has 1 aliphatic heterocycles. The van der Waals surface area contributed by atoms with Gasteiger partial charge < -0.3 is 15.5 Å². The molecule has 2 amide bonds. The molecule has 3 aromatic carbocycles. The van der Waals surface area contributed by atoms with Gasteiger partial charge in [0.25, 0.3) is 11.8 Å². The van der Waals surface area contributed by atoms with Gasteiger partial charge in [-0.15, -0.1) is 0 Å². The predicted molar refractivity (Wildman–Crippen MR) is 115 cm³/mol. The zero-order valence-electron chi connectivity index (χ0n) is 16.1. The number of nitrogens with one attached hydrogen (secondary N) is 2. The van der Waals surface area contributed by atoms with E-state index in [1.165, 1.54) is 0 Å². The Balaban J connectivity index is 1.49. The van der Waals surface area contributed by atoms with Crippen molar-refractivity contribution in [3.63, 3.8) is 0 Å². The SMILES string of the molecule is O=C(Nc1ccccc1)c1cccc(-c2ccc(C(=O)N3CCNCC3)cc2)c1. The van der Waals surface area contributed by atoms with Crippen LogP contribution in [0.3, 0.4) is 0 Å². The maximum atomic E-state index is 12.6. The molecule has 3 aromatic rings. The normalized spacial score (nSPS) is 13.7. The first-order valence-corrected chi connectivity index (χ1v) is 9.77. The van der Waals surface area contributed by atoms with Crippen molar-refractivity contribution >= 4 is 17.5 Å². The minimum absolute atomic E-state index is 0.0639. The highest BCUT2D eigenvalue weighted by Crippen LogP contribution is 2.22. The molecule has 0 aromatic heterocycles. The molecule has 0 bridgehead atoms. The Morgan fingerprint density at radius 3 is 2.21 bits per heavy atom. The van der Waals surface area contributed by atoms with Gasteiger partial charge in [0.05, 0.1) is 0 Å². The molecule has 0 aliphatic carbocycles. The maximum absolute atomic E-state index is 12.6. The zero-order chi connectivity index (χ0) is 20.1. The summed E-state index contributed by atoms with van der Waals surface area (Å²) in [6.07, 6.45) is 0. The lowest BCUT2D eigenvalue weighted by atomic mass is 10.0. The van der Waals surface area contributed by atoms with Gasteiger partial charge in [0.15, 0.2) is 0 Å². The molecule has 1 heterocycles. The number of para-hydroxylation sites is 1. The lowest BCUT2D eigenvalue weighted by Gasteiger charge is -2.27. The van der Waals surface area contributed by atoms with Gasteiger partial charge in [-0.2, -0.15) is 0 Å². The lowest BCUT2D eigenvalue weighted by molar-refractivity contribution is 0.0735. The second-order valence-corrected chi connectivity index (χ2v) is 7.02. The fraction of sp³-hybridized carbons (Fsp3) is 0.167. The molecule has 0 radical (unpaired) electrons. The average molecular weight is 385 g/mol. The largest absolute Gasteiger partial charge is 0.336 e. The third kappa shape index (κ3) is 4.52. The van der Waals surface area contributed by atoms with Crippen LogP contribution in [0.4, 0.5) is 5.69 Å². The van der Waals surface area contributed by atoms with Crippen molar-refractivity contribution in [1.82, 2.24) is 10.2 Å². The first-order valence-electron chi connectivity index (χ1n) is 9.77. The Morgan fingerprint density at radius 2 is 1.48 bits per heavy atom. The summed E-state index contributed by atoms with van der Waals surface area (Å²) in [6.45, 7) is 3.14. The van der Waals surface area contributed by atoms with E-state index in [-0.39, 0.29) is 11.8 Å². The van der Waals surface area contributed by atoms with Crippen molar-refractivity contribution in [3.05, 3.63) is 90.0 Å². The molecule has 4 rings (SSSR count). The van der Waals surface area contributed by atoms with Crippen LogP contribution < -0.4 is 10.6 Å². The van der Waals surface area contributed by atoms with Gasteiger partial charge in [-0.1, -0.05) is 42.5 Å². The third-order valence-corrected chi connectivity index (χ3v) is 5.03. The van der Waals surface area contributed by atoms with Gasteiger partial charge in [0, 0.05) is 43.0 Å².